The Kier molecular flexibility index (Phi) is 9.60. The Morgan fingerprint density at radius 1 is 0.909 bits per heavy atom. The summed E-state index contributed by atoms with van der Waals surface area (Å²) in [5, 5.41) is 0. The molecule has 0 atom stereocenters. The number of benzene rings is 2. The first-order chi connectivity index (χ1) is 10.7. The number of hydrogen-bond acceptors (Lipinski definition) is 2. The Bertz CT molecular complexity index is 522. The molecule has 0 aliphatic heterocycles. The lowest BCUT2D eigenvalue weighted by atomic mass is 10.2. The highest BCUT2D eigenvalue weighted by Gasteiger charge is 2.05. The predicted octanol–water partition coefficient (Wildman–Crippen LogP) is 5.54. The van der Waals surface area contributed by atoms with Crippen molar-refractivity contribution in [2.45, 2.75) is 26.5 Å². The van der Waals surface area contributed by atoms with Crippen LogP contribution in [0.25, 0.3) is 0 Å². The molecule has 2 aromatic carbocycles. The van der Waals surface area contributed by atoms with Crippen LogP contribution in [0.15, 0.2) is 60.7 Å². The normalized spacial score (nSPS) is 9.59. The lowest BCUT2D eigenvalue weighted by Crippen LogP contribution is -2.26. The van der Waals surface area contributed by atoms with Crippen molar-refractivity contribution in [3.63, 3.8) is 0 Å². The molecule has 0 heterocycles. The fourth-order valence-electron chi connectivity index (χ4n) is 1.83. The van der Waals surface area contributed by atoms with Crippen LogP contribution in [0.2, 0.25) is 0 Å². The molecule has 0 amide bonds. The zero-order valence-electron chi connectivity index (χ0n) is 13.7. The quantitative estimate of drug-likeness (QED) is 0.677. The van der Waals surface area contributed by atoms with Crippen LogP contribution in [-0.4, -0.2) is 22.3 Å². The van der Waals surface area contributed by atoms with Crippen molar-refractivity contribution in [2.75, 3.05) is 13.1 Å². The van der Waals surface area contributed by atoms with Gasteiger partial charge in [0.25, 0.3) is 0 Å². The SMILES string of the molecule is CCN(CC)C(=S)SCc1ccccc1.Cc1ccccc1. The molecule has 0 radical (unpaired) electrons. The van der Waals surface area contributed by atoms with E-state index in [1.165, 1.54) is 11.1 Å². The molecule has 0 fully saturated rings. The van der Waals surface area contributed by atoms with Crippen LogP contribution in [0.5, 0.6) is 0 Å². The maximum atomic E-state index is 5.36. The van der Waals surface area contributed by atoms with Crippen LogP contribution in [0, 0.1) is 6.92 Å². The number of aryl methyl sites for hydroxylation is 1. The van der Waals surface area contributed by atoms with Crippen LogP contribution in [0.1, 0.15) is 25.0 Å². The molecular formula is C19H25NS2. The van der Waals surface area contributed by atoms with E-state index in [0.29, 0.717) is 0 Å². The second-order valence-corrected chi connectivity index (χ2v) is 6.48. The van der Waals surface area contributed by atoms with Crippen molar-refractivity contribution >= 4 is 28.3 Å². The molecule has 118 valence electrons. The third kappa shape index (κ3) is 7.62. The summed E-state index contributed by atoms with van der Waals surface area (Å²) in [6, 6.07) is 20.7. The molecule has 22 heavy (non-hydrogen) atoms. The van der Waals surface area contributed by atoms with Gasteiger partial charge in [0.15, 0.2) is 0 Å². The topological polar surface area (TPSA) is 3.24 Å². The minimum atomic E-state index is 0.968. The van der Waals surface area contributed by atoms with E-state index >= 15 is 0 Å². The summed E-state index contributed by atoms with van der Waals surface area (Å²) in [6.45, 7) is 8.35. The molecule has 0 spiro atoms. The Labute approximate surface area is 144 Å². The molecule has 1 nitrogen and oxygen atoms in total. The number of hydrogen-bond donors (Lipinski definition) is 0. The van der Waals surface area contributed by atoms with Crippen LogP contribution in [0.4, 0.5) is 0 Å². The minimum absolute atomic E-state index is 0.968. The number of thiocarbonyl (C=S) groups is 1. The van der Waals surface area contributed by atoms with Crippen molar-refractivity contribution in [3.05, 3.63) is 71.8 Å². The summed E-state index contributed by atoms with van der Waals surface area (Å²) >= 11 is 7.11. The highest BCUT2D eigenvalue weighted by Crippen LogP contribution is 2.16. The molecule has 0 unspecified atom stereocenters. The van der Waals surface area contributed by atoms with Crippen molar-refractivity contribution < 1.29 is 0 Å². The first-order valence-electron chi connectivity index (χ1n) is 7.64. The number of nitrogens with zero attached hydrogens (tertiary/aromatic N) is 1. The van der Waals surface area contributed by atoms with Gasteiger partial charge in [-0.15, -0.1) is 0 Å². The Morgan fingerprint density at radius 2 is 1.41 bits per heavy atom. The van der Waals surface area contributed by atoms with Gasteiger partial charge in [-0.2, -0.15) is 0 Å². The Balaban J connectivity index is 0.000000287. The average molecular weight is 332 g/mol. The van der Waals surface area contributed by atoms with Crippen LogP contribution >= 0.6 is 24.0 Å². The van der Waals surface area contributed by atoms with E-state index < -0.39 is 0 Å². The van der Waals surface area contributed by atoms with E-state index in [1.807, 2.05) is 24.3 Å². The van der Waals surface area contributed by atoms with Crippen molar-refractivity contribution in [3.8, 4) is 0 Å². The molecule has 2 rings (SSSR count). The van der Waals surface area contributed by atoms with E-state index in [9.17, 15) is 0 Å². The molecule has 3 heteroatoms. The standard InChI is InChI=1S/C12H17NS2.C7H8/c1-3-13(4-2)12(14)15-10-11-8-6-5-7-9-11;1-7-5-3-2-4-6-7/h5-9H,3-4,10H2,1-2H3;2-6H,1H3. The number of rotatable bonds is 4. The molecule has 0 saturated carbocycles. The molecule has 0 aliphatic rings. The minimum Gasteiger partial charge on any atom is -0.358 e. The second-order valence-electron chi connectivity index (χ2n) is 4.87. The van der Waals surface area contributed by atoms with Gasteiger partial charge in [-0.3, -0.25) is 0 Å². The van der Waals surface area contributed by atoms with Gasteiger partial charge in [0.2, 0.25) is 0 Å². The second kappa shape index (κ2) is 11.3. The van der Waals surface area contributed by atoms with Crippen LogP contribution in [-0.2, 0) is 5.75 Å². The summed E-state index contributed by atoms with van der Waals surface area (Å²) < 4.78 is 1.00. The molecule has 0 aliphatic carbocycles. The van der Waals surface area contributed by atoms with Crippen molar-refractivity contribution in [1.29, 1.82) is 0 Å². The van der Waals surface area contributed by atoms with E-state index in [2.05, 4.69) is 62.1 Å². The summed E-state index contributed by atoms with van der Waals surface area (Å²) in [6.07, 6.45) is 0. The zero-order valence-corrected chi connectivity index (χ0v) is 15.3. The number of thioether (sulfide) groups is 1. The lowest BCUT2D eigenvalue weighted by molar-refractivity contribution is 0.482. The first-order valence-corrected chi connectivity index (χ1v) is 9.04. The van der Waals surface area contributed by atoms with Gasteiger partial charge in [-0.05, 0) is 26.3 Å². The summed E-state index contributed by atoms with van der Waals surface area (Å²) in [7, 11) is 0. The molecular weight excluding hydrogens is 306 g/mol. The van der Waals surface area contributed by atoms with Gasteiger partial charge in [0.1, 0.15) is 4.32 Å². The Hall–Kier alpha value is -1.32. The van der Waals surface area contributed by atoms with Crippen molar-refractivity contribution in [1.82, 2.24) is 4.90 Å². The van der Waals surface area contributed by atoms with Gasteiger partial charge in [-0.25, -0.2) is 0 Å². The maximum Gasteiger partial charge on any atom is 0.136 e. The molecule has 2 aromatic rings. The van der Waals surface area contributed by atoms with Crippen LogP contribution in [0.3, 0.4) is 0 Å². The highest BCUT2D eigenvalue weighted by atomic mass is 32.2. The first kappa shape index (κ1) is 18.7. The fourth-order valence-corrected chi connectivity index (χ4v) is 3.19. The third-order valence-corrected chi connectivity index (χ3v) is 4.76. The van der Waals surface area contributed by atoms with Crippen LogP contribution < -0.4 is 0 Å². The van der Waals surface area contributed by atoms with E-state index in [-0.39, 0.29) is 0 Å². The van der Waals surface area contributed by atoms with Crippen molar-refractivity contribution in [2.24, 2.45) is 0 Å². The summed E-state index contributed by atoms with van der Waals surface area (Å²) in [5.41, 5.74) is 2.65. The molecule has 0 N–H and O–H groups in total. The van der Waals surface area contributed by atoms with E-state index in [4.69, 9.17) is 12.2 Å². The molecule has 0 aromatic heterocycles. The van der Waals surface area contributed by atoms with Gasteiger partial charge in [-0.1, -0.05) is 90.2 Å². The van der Waals surface area contributed by atoms with Gasteiger partial charge in [0.05, 0.1) is 0 Å². The summed E-state index contributed by atoms with van der Waals surface area (Å²) in [5.74, 6) is 0.968. The molecule has 0 bridgehead atoms. The summed E-state index contributed by atoms with van der Waals surface area (Å²) in [4.78, 5) is 2.21. The zero-order chi connectivity index (χ0) is 16.2. The van der Waals surface area contributed by atoms with E-state index in [1.54, 1.807) is 11.8 Å². The maximum absolute atomic E-state index is 5.36. The van der Waals surface area contributed by atoms with E-state index in [0.717, 1.165) is 23.2 Å². The Morgan fingerprint density at radius 3 is 1.82 bits per heavy atom. The fraction of sp³-hybridized carbons (Fsp3) is 0.316. The van der Waals surface area contributed by atoms with Gasteiger partial charge >= 0.3 is 0 Å². The highest BCUT2D eigenvalue weighted by molar-refractivity contribution is 8.22. The third-order valence-electron chi connectivity index (χ3n) is 3.17. The molecule has 0 saturated heterocycles. The average Bonchev–Trinajstić information content (AvgIpc) is 2.56. The largest absolute Gasteiger partial charge is 0.358 e. The smallest absolute Gasteiger partial charge is 0.136 e. The predicted molar refractivity (Wildman–Crippen MR) is 104 cm³/mol. The monoisotopic (exact) mass is 331 g/mol. The lowest BCUT2D eigenvalue weighted by Gasteiger charge is -2.20. The van der Waals surface area contributed by atoms with Gasteiger partial charge < -0.3 is 4.90 Å². The van der Waals surface area contributed by atoms with Gasteiger partial charge in [0, 0.05) is 18.8 Å².